The lowest BCUT2D eigenvalue weighted by Gasteiger charge is -2.45. The van der Waals surface area contributed by atoms with Gasteiger partial charge >= 0.3 is 0 Å². The lowest BCUT2D eigenvalue weighted by molar-refractivity contribution is 0.443. The minimum atomic E-state index is -0.187. The first-order valence-corrected chi connectivity index (χ1v) is 32.3. The van der Waals surface area contributed by atoms with E-state index >= 15 is 0 Å². The summed E-state index contributed by atoms with van der Waals surface area (Å²) in [7, 11) is 0. The third-order valence-corrected chi connectivity index (χ3v) is 22.5. The van der Waals surface area contributed by atoms with Crippen molar-refractivity contribution in [2.75, 3.05) is 9.80 Å². The maximum atomic E-state index is 2.72. The first-order valence-electron chi connectivity index (χ1n) is 32.3. The molecule has 0 radical (unpaired) electrons. The van der Waals surface area contributed by atoms with E-state index in [0.717, 1.165) is 0 Å². The van der Waals surface area contributed by atoms with Crippen LogP contribution in [0, 0.1) is 0 Å². The van der Waals surface area contributed by atoms with E-state index in [9.17, 15) is 0 Å². The summed E-state index contributed by atoms with van der Waals surface area (Å²) in [6.07, 6.45) is 13.0. The molecule has 5 aliphatic carbocycles. The number of anilines is 6. The van der Waals surface area contributed by atoms with Crippen LogP contribution >= 0.6 is 0 Å². The average molecular weight is 1110 g/mol. The van der Waals surface area contributed by atoms with Crippen LogP contribution in [-0.4, -0.2) is 11.3 Å². The molecule has 11 aromatic carbocycles. The van der Waals surface area contributed by atoms with E-state index in [1.54, 1.807) is 0 Å². The minimum absolute atomic E-state index is 0.0359. The van der Waals surface area contributed by atoms with E-state index in [0.29, 0.717) is 11.8 Å². The highest BCUT2D eigenvalue weighted by atomic mass is 15.2. The van der Waals surface area contributed by atoms with Crippen LogP contribution in [0.15, 0.2) is 206 Å². The molecule has 12 aromatic rings. The van der Waals surface area contributed by atoms with Crippen molar-refractivity contribution in [3.8, 4) is 50.2 Å². The molecule has 0 amide bonds. The Hall–Kier alpha value is -8.86. The third-order valence-electron chi connectivity index (χ3n) is 22.5. The Morgan fingerprint density at radius 2 is 0.872 bits per heavy atom. The first kappa shape index (κ1) is 49.4. The molecule has 1 aromatic heterocycles. The molecule has 0 N–H and O–H groups in total. The van der Waals surface area contributed by atoms with Crippen molar-refractivity contribution in [2.45, 2.75) is 115 Å². The largest absolute Gasteiger partial charge is 0.311 e. The molecule has 0 atom stereocenters. The quantitative estimate of drug-likeness (QED) is 0.159. The van der Waals surface area contributed by atoms with Gasteiger partial charge in [0.1, 0.15) is 0 Å². The zero-order chi connectivity index (χ0) is 56.9. The fourth-order valence-electron chi connectivity index (χ4n) is 18.3. The van der Waals surface area contributed by atoms with Gasteiger partial charge < -0.3 is 14.4 Å². The molecule has 414 valence electrons. The van der Waals surface area contributed by atoms with Crippen LogP contribution in [-0.2, 0) is 10.8 Å². The van der Waals surface area contributed by atoms with Gasteiger partial charge in [-0.15, -0.1) is 0 Å². The van der Waals surface area contributed by atoms with Gasteiger partial charge in [-0.2, -0.15) is 0 Å². The molecule has 86 heavy (non-hydrogen) atoms. The lowest BCUT2D eigenvalue weighted by Crippen LogP contribution is -2.61. The molecule has 3 nitrogen and oxygen atoms in total. The van der Waals surface area contributed by atoms with Gasteiger partial charge in [-0.05, 0) is 203 Å². The number of aromatic nitrogens is 1. The van der Waals surface area contributed by atoms with E-state index in [1.807, 2.05) is 0 Å². The summed E-state index contributed by atoms with van der Waals surface area (Å²) < 4.78 is 2.65. The number of fused-ring (bicyclic) bond motifs is 13. The first-order chi connectivity index (χ1) is 42.2. The molecule has 3 heterocycles. The summed E-state index contributed by atoms with van der Waals surface area (Å²) in [5.74, 6) is 1.16. The Morgan fingerprint density at radius 1 is 0.337 bits per heavy atom. The van der Waals surface area contributed by atoms with E-state index in [4.69, 9.17) is 0 Å². The maximum Gasteiger partial charge on any atom is 0.252 e. The standard InChI is InChI=1S/C82H68BN3/c1-81(2)65-30-15-13-26-59(65)61-40-39-55(44-67(61)81)85-71-41-36-53(50-21-9-6-10-22-50)43-69(71)83-70-47-64-60-27-14-16-31-66(60)82(3,4)68(64)48-74(70)84(54-37-33-51(34-38-54)49-19-7-5-8-20-49)75-45-56(46-76(85)80(75)83)86-72-32-18-29-63-58-25-12-11-24-57(58)62-28-17-23-52-35-42-73(86)79(77(52)62)78(63)72/h11-18,23-50H,5-10,19-22H2,1-4H3. The molecule has 0 unspecified atom stereocenters. The van der Waals surface area contributed by atoms with Crippen LogP contribution in [0.5, 0.6) is 0 Å². The minimum Gasteiger partial charge on any atom is -0.311 e. The topological polar surface area (TPSA) is 11.4 Å². The average Bonchev–Trinajstić information content (AvgIpc) is 1.33. The number of rotatable bonds is 5. The second kappa shape index (κ2) is 17.9. The van der Waals surface area contributed by atoms with Crippen molar-refractivity contribution >= 4 is 89.8 Å². The monoisotopic (exact) mass is 1110 g/mol. The van der Waals surface area contributed by atoms with Crippen LogP contribution in [0.2, 0.25) is 0 Å². The van der Waals surface area contributed by atoms with Gasteiger partial charge in [-0.25, -0.2) is 0 Å². The molecule has 2 saturated carbocycles. The fourth-order valence-corrected chi connectivity index (χ4v) is 18.3. The van der Waals surface area contributed by atoms with E-state index in [1.165, 1.54) is 231 Å². The zero-order valence-corrected chi connectivity index (χ0v) is 49.8. The van der Waals surface area contributed by atoms with Gasteiger partial charge in [0.05, 0.1) is 16.7 Å². The highest BCUT2D eigenvalue weighted by molar-refractivity contribution is 7.00. The summed E-state index contributed by atoms with van der Waals surface area (Å²) >= 11 is 0. The summed E-state index contributed by atoms with van der Waals surface area (Å²) in [6.45, 7) is 9.75. The molecule has 0 bridgehead atoms. The number of hydrogen-bond donors (Lipinski definition) is 0. The Kier molecular flexibility index (Phi) is 10.3. The molecular formula is C82H68BN3. The molecule has 7 aliphatic rings. The third kappa shape index (κ3) is 6.66. The van der Waals surface area contributed by atoms with Crippen molar-refractivity contribution in [3.05, 3.63) is 240 Å². The van der Waals surface area contributed by atoms with Crippen molar-refractivity contribution in [1.82, 2.24) is 4.57 Å². The second-order valence-electron chi connectivity index (χ2n) is 27.6. The highest BCUT2D eigenvalue weighted by Crippen LogP contribution is 2.56. The van der Waals surface area contributed by atoms with Gasteiger partial charge in [0.15, 0.2) is 0 Å². The van der Waals surface area contributed by atoms with Crippen molar-refractivity contribution in [3.63, 3.8) is 0 Å². The van der Waals surface area contributed by atoms with Crippen molar-refractivity contribution in [2.24, 2.45) is 0 Å². The molecule has 2 aliphatic heterocycles. The lowest BCUT2D eigenvalue weighted by atomic mass is 9.33. The molecule has 2 fully saturated rings. The maximum absolute atomic E-state index is 2.72. The molecule has 0 saturated heterocycles. The SMILES string of the molecule is CC1(C)c2ccccc2-c2ccc(N3c4ccc(C5CCCCC5)cc4B4c5cc6c(cc5N(c5ccc(C7CCCCC7)cc5)c5cc(-n7c8cccc9c8c8c%10c(cccc%10ccc87)-c7ccccc7-9)cc3c54)C(C)(C)c3ccccc3-6)cc21. The van der Waals surface area contributed by atoms with Crippen LogP contribution < -0.4 is 26.2 Å². The van der Waals surface area contributed by atoms with Gasteiger partial charge in [0.2, 0.25) is 0 Å². The normalized spacial score (nSPS) is 17.3. The number of benzene rings is 11. The van der Waals surface area contributed by atoms with E-state index < -0.39 is 0 Å². The van der Waals surface area contributed by atoms with E-state index in [2.05, 4.69) is 248 Å². The molecular weight excluding hydrogens is 1040 g/mol. The Balaban J connectivity index is 0.947. The Morgan fingerprint density at radius 3 is 1.57 bits per heavy atom. The summed E-state index contributed by atoms with van der Waals surface area (Å²) in [6, 6.07) is 82.1. The van der Waals surface area contributed by atoms with Gasteiger partial charge in [-0.3, -0.25) is 0 Å². The smallest absolute Gasteiger partial charge is 0.252 e. The summed E-state index contributed by atoms with van der Waals surface area (Å²) in [5.41, 5.74) is 34.2. The predicted molar refractivity (Wildman–Crippen MR) is 364 cm³/mol. The number of hydrogen-bond acceptors (Lipinski definition) is 2. The van der Waals surface area contributed by atoms with Crippen LogP contribution in [0.25, 0.3) is 82.8 Å². The number of nitrogens with zero attached hydrogens (tertiary/aromatic N) is 3. The van der Waals surface area contributed by atoms with Crippen LogP contribution in [0.3, 0.4) is 0 Å². The summed E-state index contributed by atoms with van der Waals surface area (Å²) in [4.78, 5) is 5.44. The zero-order valence-electron chi connectivity index (χ0n) is 49.8. The van der Waals surface area contributed by atoms with Crippen LogP contribution in [0.4, 0.5) is 34.1 Å². The Bertz CT molecular complexity index is 4920. The Labute approximate surface area is 505 Å². The molecule has 4 heteroatoms. The molecule has 19 rings (SSSR count). The highest BCUT2D eigenvalue weighted by Gasteiger charge is 2.47. The van der Waals surface area contributed by atoms with Gasteiger partial charge in [0.25, 0.3) is 6.71 Å². The predicted octanol–water partition coefficient (Wildman–Crippen LogP) is 20.4. The van der Waals surface area contributed by atoms with E-state index in [-0.39, 0.29) is 17.5 Å². The van der Waals surface area contributed by atoms with Crippen molar-refractivity contribution < 1.29 is 0 Å². The summed E-state index contributed by atoms with van der Waals surface area (Å²) in [5, 5.41) is 5.27. The second-order valence-corrected chi connectivity index (χ2v) is 27.6. The van der Waals surface area contributed by atoms with Gasteiger partial charge in [-0.1, -0.05) is 212 Å². The fraction of sp³-hybridized carbons (Fsp3) is 0.220. The van der Waals surface area contributed by atoms with Gasteiger partial charge in [0, 0.05) is 55.7 Å². The van der Waals surface area contributed by atoms with Crippen molar-refractivity contribution in [1.29, 1.82) is 0 Å². The van der Waals surface area contributed by atoms with Crippen LogP contribution in [0.1, 0.15) is 137 Å². The molecule has 0 spiro atoms.